The number of methoxy groups -OCH3 is 1. The predicted molar refractivity (Wildman–Crippen MR) is 174 cm³/mol. The number of nitrogens with zero attached hydrogens (tertiary/aromatic N) is 1. The summed E-state index contributed by atoms with van der Waals surface area (Å²) < 4.78 is 21.5. The van der Waals surface area contributed by atoms with Gasteiger partial charge in [0.2, 0.25) is 0 Å². The highest BCUT2D eigenvalue weighted by atomic mass is 16.5. The average Bonchev–Trinajstić information content (AvgIpc) is 3.05. The summed E-state index contributed by atoms with van der Waals surface area (Å²) in [6, 6.07) is 29.1. The molecule has 2 N–H and O–H groups in total. The molecule has 0 unspecified atom stereocenters. The van der Waals surface area contributed by atoms with Gasteiger partial charge in [0.05, 0.1) is 19.3 Å². The van der Waals surface area contributed by atoms with Gasteiger partial charge >= 0.3 is 5.97 Å². The third kappa shape index (κ3) is 9.24. The highest BCUT2D eigenvalue weighted by molar-refractivity contribution is 5.96. The van der Waals surface area contributed by atoms with Crippen molar-refractivity contribution >= 4 is 40.5 Å². The Morgan fingerprint density at radius 2 is 1.31 bits per heavy atom. The van der Waals surface area contributed by atoms with Crippen molar-refractivity contribution in [3.63, 3.8) is 0 Å². The molecule has 0 atom stereocenters. The van der Waals surface area contributed by atoms with Gasteiger partial charge in [0.15, 0.2) is 24.7 Å². The van der Waals surface area contributed by atoms with Gasteiger partial charge in [-0.15, -0.1) is 0 Å². The lowest BCUT2D eigenvalue weighted by Gasteiger charge is -2.29. The fourth-order valence-corrected chi connectivity index (χ4v) is 4.51. The van der Waals surface area contributed by atoms with Crippen molar-refractivity contribution < 1.29 is 33.3 Å². The monoisotopic (exact) mass is 611 g/mol. The zero-order valence-corrected chi connectivity index (χ0v) is 25.7. The van der Waals surface area contributed by atoms with Gasteiger partial charge in [0.1, 0.15) is 5.75 Å². The predicted octanol–water partition coefficient (Wildman–Crippen LogP) is 6.45. The molecule has 234 valence electrons. The Balaban J connectivity index is 1.27. The molecule has 0 fully saturated rings. The van der Waals surface area contributed by atoms with Crippen molar-refractivity contribution in [2.45, 2.75) is 26.8 Å². The van der Waals surface area contributed by atoms with Crippen LogP contribution in [0.2, 0.25) is 0 Å². The van der Waals surface area contributed by atoms with E-state index >= 15 is 0 Å². The number of rotatable bonds is 14. The fourth-order valence-electron chi connectivity index (χ4n) is 4.51. The highest BCUT2D eigenvalue weighted by Crippen LogP contribution is 2.30. The Morgan fingerprint density at radius 1 is 0.711 bits per heavy atom. The minimum atomic E-state index is -0.714. The van der Waals surface area contributed by atoms with E-state index in [0.29, 0.717) is 23.7 Å². The lowest BCUT2D eigenvalue weighted by molar-refractivity contribution is -0.119. The average molecular weight is 612 g/mol. The molecule has 2 amide bonds. The third-order valence-electron chi connectivity index (χ3n) is 6.52. The first-order chi connectivity index (χ1) is 21.8. The summed E-state index contributed by atoms with van der Waals surface area (Å²) in [5.74, 6) is -0.370. The molecule has 4 aromatic rings. The molecular weight excluding hydrogens is 574 g/mol. The molecule has 0 radical (unpaired) electrons. The number of ether oxygens (including phenoxy) is 4. The van der Waals surface area contributed by atoms with E-state index in [2.05, 4.69) is 29.4 Å². The van der Waals surface area contributed by atoms with Gasteiger partial charge in [0, 0.05) is 28.8 Å². The van der Waals surface area contributed by atoms with E-state index < -0.39 is 18.5 Å². The number of benzene rings is 4. The standard InChI is InChI=1S/C35H37N3O7/c1-5-43-30-18-14-27(15-19-30)37-33(39)22-44-31-20-11-25(21-32(31)42-4)35(41)45-23-34(40)36-26-12-16-29(17-13-26)38(24(2)3)28-9-7-6-8-10-28/h6-21,24H,5,22-23H2,1-4H3,(H,36,40)(H,37,39). The van der Waals surface area contributed by atoms with E-state index in [4.69, 9.17) is 18.9 Å². The third-order valence-corrected chi connectivity index (χ3v) is 6.52. The second-order valence-electron chi connectivity index (χ2n) is 10.1. The number of amides is 2. The molecule has 0 aliphatic heterocycles. The lowest BCUT2D eigenvalue weighted by Crippen LogP contribution is -2.25. The molecule has 0 aliphatic rings. The molecule has 0 spiro atoms. The van der Waals surface area contributed by atoms with Crippen LogP contribution in [-0.4, -0.2) is 50.8 Å². The van der Waals surface area contributed by atoms with E-state index in [9.17, 15) is 14.4 Å². The summed E-state index contributed by atoms with van der Waals surface area (Å²) in [7, 11) is 1.41. The van der Waals surface area contributed by atoms with Crippen LogP contribution in [0.15, 0.2) is 97.1 Å². The minimum absolute atomic E-state index is 0.157. The Labute approximate surface area is 262 Å². The van der Waals surface area contributed by atoms with E-state index in [1.165, 1.54) is 25.3 Å². The van der Waals surface area contributed by atoms with Gasteiger partial charge in [-0.1, -0.05) is 18.2 Å². The van der Waals surface area contributed by atoms with Crippen molar-refractivity contribution in [2.75, 3.05) is 42.5 Å². The van der Waals surface area contributed by atoms with Gasteiger partial charge in [-0.2, -0.15) is 0 Å². The minimum Gasteiger partial charge on any atom is -0.494 e. The smallest absolute Gasteiger partial charge is 0.338 e. The number of esters is 1. The summed E-state index contributed by atoms with van der Waals surface area (Å²) >= 11 is 0. The van der Waals surface area contributed by atoms with Gasteiger partial charge in [-0.25, -0.2) is 4.79 Å². The molecule has 4 aromatic carbocycles. The molecule has 0 aromatic heterocycles. The topological polar surface area (TPSA) is 115 Å². The maximum absolute atomic E-state index is 12.7. The molecule has 10 nitrogen and oxygen atoms in total. The molecule has 0 saturated carbocycles. The first-order valence-electron chi connectivity index (χ1n) is 14.5. The molecule has 0 aliphatic carbocycles. The summed E-state index contributed by atoms with van der Waals surface area (Å²) in [6.45, 7) is 5.90. The normalized spacial score (nSPS) is 10.5. The number of anilines is 4. The van der Waals surface area contributed by atoms with Crippen LogP contribution in [0.25, 0.3) is 0 Å². The Morgan fingerprint density at radius 3 is 1.91 bits per heavy atom. The van der Waals surface area contributed by atoms with Crippen LogP contribution < -0.4 is 29.7 Å². The zero-order chi connectivity index (χ0) is 32.2. The van der Waals surface area contributed by atoms with E-state index in [0.717, 1.165) is 11.4 Å². The van der Waals surface area contributed by atoms with Crippen molar-refractivity contribution in [3.8, 4) is 17.2 Å². The number of nitrogens with one attached hydrogen (secondary N) is 2. The van der Waals surface area contributed by atoms with Crippen molar-refractivity contribution in [2.24, 2.45) is 0 Å². The molecule has 4 rings (SSSR count). The fraction of sp³-hybridized carbons (Fsp3) is 0.229. The zero-order valence-electron chi connectivity index (χ0n) is 25.7. The summed E-state index contributed by atoms with van der Waals surface area (Å²) in [6.07, 6.45) is 0. The molecule has 0 heterocycles. The maximum atomic E-state index is 12.7. The number of para-hydroxylation sites is 1. The van der Waals surface area contributed by atoms with E-state index in [-0.39, 0.29) is 35.6 Å². The van der Waals surface area contributed by atoms with Gasteiger partial charge in [-0.3, -0.25) is 9.59 Å². The van der Waals surface area contributed by atoms with Crippen LogP contribution in [0.5, 0.6) is 17.2 Å². The first-order valence-corrected chi connectivity index (χ1v) is 14.5. The summed E-state index contributed by atoms with van der Waals surface area (Å²) in [5, 5.41) is 5.48. The van der Waals surface area contributed by atoms with Crippen molar-refractivity contribution in [1.29, 1.82) is 0 Å². The molecule has 45 heavy (non-hydrogen) atoms. The lowest BCUT2D eigenvalue weighted by atomic mass is 10.2. The highest BCUT2D eigenvalue weighted by Gasteiger charge is 2.16. The number of hydrogen-bond acceptors (Lipinski definition) is 8. The van der Waals surface area contributed by atoms with Crippen LogP contribution in [0, 0.1) is 0 Å². The molecule has 0 bridgehead atoms. The van der Waals surface area contributed by atoms with Crippen LogP contribution in [0.1, 0.15) is 31.1 Å². The summed E-state index contributed by atoms with van der Waals surface area (Å²) in [5.41, 5.74) is 3.38. The Bertz CT molecular complexity index is 1570. The molecular formula is C35H37N3O7. The van der Waals surface area contributed by atoms with Gasteiger partial charge in [-0.05, 0) is 99.6 Å². The van der Waals surface area contributed by atoms with Crippen LogP contribution in [0.4, 0.5) is 22.7 Å². The number of carbonyl (C=O) groups is 3. The van der Waals surface area contributed by atoms with Crippen molar-refractivity contribution in [1.82, 2.24) is 0 Å². The second kappa shape index (κ2) is 15.8. The Kier molecular flexibility index (Phi) is 11.4. The van der Waals surface area contributed by atoms with Crippen LogP contribution in [-0.2, 0) is 14.3 Å². The number of carbonyl (C=O) groups excluding carboxylic acids is 3. The number of hydrogen-bond donors (Lipinski definition) is 2. The van der Waals surface area contributed by atoms with Gasteiger partial charge < -0.3 is 34.5 Å². The first kappa shape index (κ1) is 32.4. The maximum Gasteiger partial charge on any atom is 0.338 e. The molecule has 0 saturated heterocycles. The SMILES string of the molecule is CCOc1ccc(NC(=O)COc2ccc(C(=O)OCC(=O)Nc3ccc(N(c4ccccc4)C(C)C)cc3)cc2OC)cc1. The summed E-state index contributed by atoms with van der Waals surface area (Å²) in [4.78, 5) is 39.7. The van der Waals surface area contributed by atoms with Crippen LogP contribution in [0.3, 0.4) is 0 Å². The second-order valence-corrected chi connectivity index (χ2v) is 10.1. The Hall–Kier alpha value is -5.51. The largest absolute Gasteiger partial charge is 0.494 e. The van der Waals surface area contributed by atoms with Gasteiger partial charge in [0.25, 0.3) is 11.8 Å². The van der Waals surface area contributed by atoms with Crippen LogP contribution >= 0.6 is 0 Å². The van der Waals surface area contributed by atoms with E-state index in [1.807, 2.05) is 49.4 Å². The van der Waals surface area contributed by atoms with Crippen molar-refractivity contribution in [3.05, 3.63) is 103 Å². The van der Waals surface area contributed by atoms with E-state index in [1.54, 1.807) is 36.4 Å². The molecule has 10 heteroatoms. The quantitative estimate of drug-likeness (QED) is 0.156.